The van der Waals surface area contributed by atoms with Gasteiger partial charge in [0.05, 0.1) is 11.9 Å². The minimum absolute atomic E-state index is 0. The Labute approximate surface area is 131 Å². The average Bonchev–Trinajstić information content (AvgIpc) is 2.64. The van der Waals surface area contributed by atoms with Crippen molar-refractivity contribution >= 4 is 6.79 Å². The summed E-state index contributed by atoms with van der Waals surface area (Å²) in [6.45, 7) is 8.13. The van der Waals surface area contributed by atoms with Crippen LogP contribution in [0.1, 0.15) is 48.2 Å². The third-order valence-electron chi connectivity index (χ3n) is 0.535. The van der Waals surface area contributed by atoms with E-state index in [1.54, 1.807) is 6.20 Å². The lowest BCUT2D eigenvalue weighted by Gasteiger charge is -1.62. The van der Waals surface area contributed by atoms with Crippen LogP contribution in [0.2, 0.25) is 0 Å². The van der Waals surface area contributed by atoms with Crippen molar-refractivity contribution in [2.45, 2.75) is 49.5 Å². The summed E-state index contributed by atoms with van der Waals surface area (Å²) in [5.41, 5.74) is 0.926. The smallest absolute Gasteiger partial charge is 0.106 e. The van der Waals surface area contributed by atoms with Gasteiger partial charge in [0.1, 0.15) is 6.79 Å². The topological polar surface area (TPSA) is 247 Å². The fourth-order valence-electron chi connectivity index (χ4n) is 0.259. The van der Waals surface area contributed by atoms with E-state index in [0.717, 1.165) is 12.8 Å². The maximum absolute atomic E-state index is 8.00. The number of nitrogens with zero attached hydrogens (tertiary/aromatic N) is 2. The van der Waals surface area contributed by atoms with Crippen molar-refractivity contribution in [3.8, 4) is 0 Å². The molecule has 0 radical (unpaired) electrons. The van der Waals surface area contributed by atoms with Crippen LogP contribution in [0, 0.1) is 6.92 Å². The zero-order valence-corrected chi connectivity index (χ0v) is 11.9. The number of carbonyl (C=O) groups excluding carboxylic acids is 1. The van der Waals surface area contributed by atoms with Gasteiger partial charge in [-0.1, -0.05) is 42.5 Å². The molecule has 1 rings (SSSR count). The van der Waals surface area contributed by atoms with Gasteiger partial charge in [-0.25, -0.2) is 0 Å². The number of aromatic amines is 1. The lowest BCUT2D eigenvalue weighted by Crippen LogP contribution is -1.66. The number of aryl methyl sites for hydroxylation is 1. The quantitative estimate of drug-likeness (QED) is 0.471. The van der Waals surface area contributed by atoms with Gasteiger partial charge in [-0.2, -0.15) is 15.4 Å². The predicted molar refractivity (Wildman–Crippen MR) is 94.8 cm³/mol. The number of rotatable bonds is 0. The highest BCUT2D eigenvalue weighted by Crippen LogP contribution is 1.77. The van der Waals surface area contributed by atoms with Crippen molar-refractivity contribution in [3.05, 3.63) is 11.9 Å². The molecule has 1 aromatic heterocycles. The van der Waals surface area contributed by atoms with Gasteiger partial charge in [-0.3, -0.25) is 0 Å². The first kappa shape index (κ1) is 91.9. The zero-order valence-electron chi connectivity index (χ0n) is 11.9. The number of aromatic nitrogens is 3. The Morgan fingerprint density at radius 2 is 1.29 bits per heavy atom. The van der Waals surface area contributed by atoms with Gasteiger partial charge >= 0.3 is 0 Å². The molecule has 15 N–H and O–H groups in total. The molecule has 142 valence electrons. The van der Waals surface area contributed by atoms with Crippen LogP contribution < -0.4 is 18.5 Å². The Hall–Kier alpha value is -1.43. The molecule has 0 atom stereocenters. The maximum Gasteiger partial charge on any atom is 0.106 e. The SMILES string of the molecule is C.C.C.C=O.CCC.CO.Cc1cn[nH]n1.N.N.N.O.O. The van der Waals surface area contributed by atoms with E-state index in [0.29, 0.717) is 0 Å². The molecule has 0 aliphatic carbocycles. The summed E-state index contributed by atoms with van der Waals surface area (Å²) in [5, 5.41) is 16.7. The maximum atomic E-state index is 8.00. The van der Waals surface area contributed by atoms with Crippen molar-refractivity contribution in [1.29, 1.82) is 0 Å². The third-order valence-corrected chi connectivity index (χ3v) is 0.535. The minimum atomic E-state index is 0. The highest BCUT2D eigenvalue weighted by Gasteiger charge is 1.76. The van der Waals surface area contributed by atoms with E-state index >= 15 is 0 Å². The predicted octanol–water partition coefficient (Wildman–Crippen LogP) is 1.70. The van der Waals surface area contributed by atoms with Gasteiger partial charge in [0.25, 0.3) is 0 Å². The Balaban J connectivity index is -0.00000000685. The summed E-state index contributed by atoms with van der Waals surface area (Å²) in [6, 6.07) is 0. The van der Waals surface area contributed by atoms with Gasteiger partial charge in [0.15, 0.2) is 0 Å². The van der Waals surface area contributed by atoms with Crippen LogP contribution in [0.25, 0.3) is 0 Å². The number of aliphatic hydroxyl groups is 1. The number of hydrogen-bond acceptors (Lipinski definition) is 7. The monoisotopic (exact) mass is 324 g/mol. The molecule has 1 aromatic rings. The van der Waals surface area contributed by atoms with Gasteiger partial charge in [-0.15, -0.1) is 0 Å². The Morgan fingerprint density at radius 1 is 1.05 bits per heavy atom. The molecule has 1 heterocycles. The van der Waals surface area contributed by atoms with Crippen LogP contribution in [-0.4, -0.2) is 45.4 Å². The average molecular weight is 325 g/mol. The lowest BCUT2D eigenvalue weighted by atomic mass is 10.6. The van der Waals surface area contributed by atoms with E-state index in [9.17, 15) is 0 Å². The number of carbonyl (C=O) groups is 1. The zero-order chi connectivity index (χ0) is 11.1. The van der Waals surface area contributed by atoms with Crippen molar-refractivity contribution in [3.63, 3.8) is 0 Å². The summed E-state index contributed by atoms with van der Waals surface area (Å²) < 4.78 is 0. The molecular formula is C11H44N6O4. The van der Waals surface area contributed by atoms with E-state index in [2.05, 4.69) is 29.3 Å². The minimum Gasteiger partial charge on any atom is -0.412 e. The molecule has 0 aliphatic heterocycles. The van der Waals surface area contributed by atoms with Crippen LogP contribution in [0.5, 0.6) is 0 Å². The van der Waals surface area contributed by atoms with Crippen LogP contribution in [0.15, 0.2) is 6.20 Å². The molecule has 0 bridgehead atoms. The first-order valence-corrected chi connectivity index (χ1v) is 3.87. The molecule has 0 unspecified atom stereocenters. The fourth-order valence-corrected chi connectivity index (χ4v) is 0.259. The van der Waals surface area contributed by atoms with E-state index in [1.165, 1.54) is 6.42 Å². The fraction of sp³-hybridized carbons (Fsp3) is 0.727. The summed E-state index contributed by atoms with van der Waals surface area (Å²) in [6.07, 6.45) is 2.92. The number of hydrogen-bond donors (Lipinski definition) is 5. The summed E-state index contributed by atoms with van der Waals surface area (Å²) in [7, 11) is 1.00. The van der Waals surface area contributed by atoms with Crippen LogP contribution in [0.3, 0.4) is 0 Å². The number of nitrogens with one attached hydrogen (secondary N) is 1. The Kier molecular flexibility index (Phi) is 581. The third kappa shape index (κ3) is 164. The molecule has 0 fully saturated rings. The van der Waals surface area contributed by atoms with Gasteiger partial charge < -0.3 is 39.3 Å². The largest absolute Gasteiger partial charge is 0.412 e. The summed E-state index contributed by atoms with van der Waals surface area (Å²) >= 11 is 0. The van der Waals surface area contributed by atoms with Crippen LogP contribution in [0.4, 0.5) is 0 Å². The van der Waals surface area contributed by atoms with Crippen molar-refractivity contribution < 1.29 is 20.9 Å². The Morgan fingerprint density at radius 3 is 1.33 bits per heavy atom. The molecule has 21 heavy (non-hydrogen) atoms. The molecule has 0 spiro atoms. The molecular weight excluding hydrogens is 280 g/mol. The second kappa shape index (κ2) is 133. The molecule has 0 aromatic carbocycles. The number of aliphatic hydroxyl groups excluding tert-OH is 1. The molecule has 0 amide bonds. The molecule has 10 nitrogen and oxygen atoms in total. The first-order chi connectivity index (χ1) is 6.31. The Bertz CT molecular complexity index is 156. The standard InChI is InChI=1S/C3H5N3.C3H8.CH4O.CH2O.3CH4.3H3N.2H2O/c1-3-2-4-6-5-3;1-3-2;2*1-2;;;;;;;;/h2H,1H3,(H,4,5,6);3H2,1-2H3;2H,1H3;1H2;3*1H4;3*1H3;2*1H2. The highest BCUT2D eigenvalue weighted by atomic mass is 16.2. The van der Waals surface area contributed by atoms with Gasteiger partial charge in [-0.05, 0) is 6.92 Å². The van der Waals surface area contributed by atoms with Crippen LogP contribution >= 0.6 is 0 Å². The van der Waals surface area contributed by atoms with Gasteiger partial charge in [0.2, 0.25) is 0 Å². The van der Waals surface area contributed by atoms with Crippen molar-refractivity contribution in [2.75, 3.05) is 7.11 Å². The van der Waals surface area contributed by atoms with E-state index in [4.69, 9.17) is 9.90 Å². The van der Waals surface area contributed by atoms with E-state index < -0.39 is 0 Å². The first-order valence-electron chi connectivity index (χ1n) is 3.87. The number of H-pyrrole nitrogens is 1. The highest BCUT2D eigenvalue weighted by molar-refractivity contribution is 5.10. The van der Waals surface area contributed by atoms with Crippen molar-refractivity contribution in [2.24, 2.45) is 0 Å². The molecule has 0 aliphatic rings. The van der Waals surface area contributed by atoms with Gasteiger partial charge in [0, 0.05) is 7.11 Å². The normalized spacial score (nSPS) is 3.86. The lowest BCUT2D eigenvalue weighted by molar-refractivity contribution is -0.0980. The second-order valence-corrected chi connectivity index (χ2v) is 1.82. The molecule has 0 saturated carbocycles. The molecule has 0 saturated heterocycles. The van der Waals surface area contributed by atoms with E-state index in [1.807, 2.05) is 13.7 Å². The molecule has 10 heteroatoms. The summed E-state index contributed by atoms with van der Waals surface area (Å²) in [5.74, 6) is 0. The van der Waals surface area contributed by atoms with Crippen molar-refractivity contribution in [1.82, 2.24) is 33.9 Å². The second-order valence-electron chi connectivity index (χ2n) is 1.82. The van der Waals surface area contributed by atoms with Crippen LogP contribution in [-0.2, 0) is 4.79 Å². The summed E-state index contributed by atoms with van der Waals surface area (Å²) in [4.78, 5) is 8.00. The van der Waals surface area contributed by atoms with E-state index in [-0.39, 0.29) is 51.7 Å².